The number of nitrogens with zero attached hydrogens (tertiary/aromatic N) is 4. The molecule has 33 heavy (non-hydrogen) atoms. The molecule has 1 unspecified atom stereocenters. The number of carbonyl (C=O) groups excluding carboxylic acids is 2. The molecule has 1 atom stereocenters. The van der Waals surface area contributed by atoms with Gasteiger partial charge in [-0.3, -0.25) is 14.0 Å². The average molecular weight is 465 g/mol. The molecule has 0 aliphatic carbocycles. The van der Waals surface area contributed by atoms with E-state index in [9.17, 15) is 14.7 Å². The van der Waals surface area contributed by atoms with Crippen LogP contribution in [0.4, 0.5) is 0 Å². The quantitative estimate of drug-likeness (QED) is 0.416. The highest BCUT2D eigenvalue weighted by molar-refractivity contribution is 7.19. The van der Waals surface area contributed by atoms with Gasteiger partial charge in [-0.05, 0) is 58.3 Å². The summed E-state index contributed by atoms with van der Waals surface area (Å²) in [4.78, 5) is 36.1. The first-order chi connectivity index (χ1) is 15.9. The van der Waals surface area contributed by atoms with Crippen molar-refractivity contribution in [2.24, 2.45) is 0 Å². The van der Waals surface area contributed by atoms with Crippen molar-refractivity contribution < 1.29 is 19.1 Å². The first-order valence-corrected chi connectivity index (χ1v) is 11.5. The number of imidazole rings is 1. The van der Waals surface area contributed by atoms with Gasteiger partial charge in [-0.2, -0.15) is 0 Å². The summed E-state index contributed by atoms with van der Waals surface area (Å²) in [6, 6.07) is 10.4. The van der Waals surface area contributed by atoms with Crippen LogP contribution in [0.15, 0.2) is 58.4 Å². The van der Waals surface area contributed by atoms with E-state index in [0.717, 1.165) is 23.3 Å². The van der Waals surface area contributed by atoms with Crippen molar-refractivity contribution in [1.82, 2.24) is 19.2 Å². The Morgan fingerprint density at radius 2 is 2.03 bits per heavy atom. The molecule has 1 aliphatic heterocycles. The maximum Gasteiger partial charge on any atom is 0.290 e. The van der Waals surface area contributed by atoms with E-state index in [0.29, 0.717) is 28.6 Å². The number of aromatic nitrogens is 2. The van der Waals surface area contributed by atoms with Gasteiger partial charge in [0.25, 0.3) is 5.91 Å². The molecule has 9 heteroatoms. The van der Waals surface area contributed by atoms with Gasteiger partial charge in [0, 0.05) is 12.2 Å². The van der Waals surface area contributed by atoms with Crippen LogP contribution in [0.3, 0.4) is 0 Å². The SMILES string of the molecule is Cc1c(C(=O)C2=C(O)C(=O)N(CCCN(C)C)C2c2ccco2)sc2nc3ccccc3n12. The number of rotatable bonds is 7. The number of furan rings is 1. The van der Waals surface area contributed by atoms with Gasteiger partial charge in [0.05, 0.1) is 27.7 Å². The van der Waals surface area contributed by atoms with Crippen LogP contribution < -0.4 is 0 Å². The van der Waals surface area contributed by atoms with Crippen molar-refractivity contribution in [3.8, 4) is 0 Å². The molecule has 1 N–H and O–H groups in total. The van der Waals surface area contributed by atoms with Crippen molar-refractivity contribution >= 4 is 39.0 Å². The van der Waals surface area contributed by atoms with Gasteiger partial charge in [-0.25, -0.2) is 4.98 Å². The van der Waals surface area contributed by atoms with Crippen LogP contribution >= 0.6 is 11.3 Å². The Hall–Kier alpha value is -3.43. The van der Waals surface area contributed by atoms with Crippen molar-refractivity contribution in [3.63, 3.8) is 0 Å². The van der Waals surface area contributed by atoms with Crippen LogP contribution in [-0.4, -0.2) is 63.2 Å². The lowest BCUT2D eigenvalue weighted by Crippen LogP contribution is -2.33. The lowest BCUT2D eigenvalue weighted by molar-refractivity contribution is -0.129. The topological polar surface area (TPSA) is 91.3 Å². The smallest absolute Gasteiger partial charge is 0.290 e. The molecule has 1 aliphatic rings. The highest BCUT2D eigenvalue weighted by atomic mass is 32.1. The van der Waals surface area contributed by atoms with Gasteiger partial charge in [-0.1, -0.05) is 23.5 Å². The van der Waals surface area contributed by atoms with Crippen LogP contribution in [0.5, 0.6) is 0 Å². The van der Waals surface area contributed by atoms with E-state index in [1.165, 1.54) is 22.5 Å². The molecule has 5 rings (SSSR count). The third-order valence-corrected chi connectivity index (χ3v) is 7.10. The lowest BCUT2D eigenvalue weighted by atomic mass is 9.99. The van der Waals surface area contributed by atoms with Crippen LogP contribution in [0.25, 0.3) is 16.0 Å². The second-order valence-electron chi connectivity index (χ2n) is 8.40. The predicted molar refractivity (Wildman–Crippen MR) is 126 cm³/mol. The summed E-state index contributed by atoms with van der Waals surface area (Å²) in [5.41, 5.74) is 2.54. The molecule has 0 fully saturated rings. The highest BCUT2D eigenvalue weighted by Gasteiger charge is 2.45. The number of ketones is 1. The fourth-order valence-electron chi connectivity index (χ4n) is 4.41. The van der Waals surface area contributed by atoms with Gasteiger partial charge >= 0.3 is 0 Å². The number of thiazole rings is 1. The van der Waals surface area contributed by atoms with Gasteiger partial charge < -0.3 is 19.3 Å². The zero-order valence-electron chi connectivity index (χ0n) is 18.6. The molecule has 1 amide bonds. The number of carbonyl (C=O) groups is 2. The summed E-state index contributed by atoms with van der Waals surface area (Å²) in [6.07, 6.45) is 2.20. The van der Waals surface area contributed by atoms with Crippen LogP contribution in [0, 0.1) is 6.92 Å². The highest BCUT2D eigenvalue weighted by Crippen LogP contribution is 2.41. The fraction of sp³-hybridized carbons (Fsp3) is 0.292. The predicted octanol–water partition coefficient (Wildman–Crippen LogP) is 3.98. The third-order valence-electron chi connectivity index (χ3n) is 5.96. The Morgan fingerprint density at radius 3 is 2.76 bits per heavy atom. The van der Waals surface area contributed by atoms with E-state index in [4.69, 9.17) is 4.42 Å². The van der Waals surface area contributed by atoms with Crippen molar-refractivity contribution in [2.45, 2.75) is 19.4 Å². The first kappa shape index (κ1) is 21.4. The van der Waals surface area contributed by atoms with Gasteiger partial charge in [-0.15, -0.1) is 0 Å². The van der Waals surface area contributed by atoms with E-state index in [1.54, 1.807) is 12.1 Å². The molecule has 3 aromatic heterocycles. The first-order valence-electron chi connectivity index (χ1n) is 10.7. The summed E-state index contributed by atoms with van der Waals surface area (Å²) >= 11 is 1.26. The van der Waals surface area contributed by atoms with E-state index >= 15 is 0 Å². The summed E-state index contributed by atoms with van der Waals surface area (Å²) in [5, 5.41) is 10.8. The number of aliphatic hydroxyl groups excluding tert-OH is 1. The van der Waals surface area contributed by atoms with Crippen LogP contribution in [0.2, 0.25) is 0 Å². The standard InChI is InChI=1S/C24H24N4O4S/c1-14-22(33-24-25-15-8-4-5-9-16(15)28(14)24)20(29)18-19(17-10-6-13-32-17)27(23(31)21(18)30)12-7-11-26(2)3/h4-6,8-10,13,19,30H,7,11-12H2,1-3H3. The molecule has 170 valence electrons. The summed E-state index contributed by atoms with van der Waals surface area (Å²) in [6.45, 7) is 3.02. The number of hydrogen-bond donors (Lipinski definition) is 1. The van der Waals surface area contributed by atoms with E-state index in [2.05, 4.69) is 4.98 Å². The molecule has 0 bridgehead atoms. The number of benzene rings is 1. The Labute approximate surface area is 194 Å². The minimum absolute atomic E-state index is 0.0525. The summed E-state index contributed by atoms with van der Waals surface area (Å²) < 4.78 is 7.55. The molecular formula is C24H24N4O4S. The molecule has 1 aromatic carbocycles. The van der Waals surface area contributed by atoms with Crippen molar-refractivity contribution in [1.29, 1.82) is 0 Å². The number of aliphatic hydroxyl groups is 1. The monoisotopic (exact) mass is 464 g/mol. The molecule has 0 radical (unpaired) electrons. The normalized spacial score (nSPS) is 16.8. The second-order valence-corrected chi connectivity index (χ2v) is 9.38. The van der Waals surface area contributed by atoms with Crippen LogP contribution in [-0.2, 0) is 4.79 Å². The number of Topliss-reactive ketones (excluding diaryl/α,β-unsaturated/α-hetero) is 1. The average Bonchev–Trinajstić information content (AvgIpc) is 3.54. The largest absolute Gasteiger partial charge is 0.503 e. The molecule has 8 nitrogen and oxygen atoms in total. The van der Waals surface area contributed by atoms with Gasteiger partial charge in [0.1, 0.15) is 11.8 Å². The number of aryl methyl sites for hydroxylation is 1. The summed E-state index contributed by atoms with van der Waals surface area (Å²) in [7, 11) is 3.92. The Kier molecular flexibility index (Phi) is 5.30. The number of amides is 1. The molecule has 4 heterocycles. The number of para-hydroxylation sites is 2. The molecule has 0 saturated carbocycles. The van der Waals surface area contributed by atoms with Crippen LogP contribution in [0.1, 0.15) is 33.6 Å². The van der Waals surface area contributed by atoms with Gasteiger partial charge in [0.2, 0.25) is 5.78 Å². The zero-order valence-corrected chi connectivity index (χ0v) is 19.4. The van der Waals surface area contributed by atoms with Crippen molar-refractivity contribution in [3.05, 3.63) is 70.3 Å². The Balaban J connectivity index is 1.57. The van der Waals surface area contributed by atoms with Crippen molar-refractivity contribution in [2.75, 3.05) is 27.2 Å². The van der Waals surface area contributed by atoms with E-state index in [-0.39, 0.29) is 11.4 Å². The van der Waals surface area contributed by atoms with E-state index < -0.39 is 17.7 Å². The Morgan fingerprint density at radius 1 is 1.24 bits per heavy atom. The summed E-state index contributed by atoms with van der Waals surface area (Å²) in [5.74, 6) is -0.996. The minimum Gasteiger partial charge on any atom is -0.503 e. The van der Waals surface area contributed by atoms with Gasteiger partial charge in [0.15, 0.2) is 10.7 Å². The molecule has 0 saturated heterocycles. The lowest BCUT2D eigenvalue weighted by Gasteiger charge is -2.25. The number of fused-ring (bicyclic) bond motifs is 3. The third kappa shape index (κ3) is 3.44. The maximum atomic E-state index is 13.8. The molecular weight excluding hydrogens is 440 g/mol. The number of hydrogen-bond acceptors (Lipinski definition) is 7. The van der Waals surface area contributed by atoms with E-state index in [1.807, 2.05) is 54.6 Å². The molecule has 4 aromatic rings. The fourth-order valence-corrected chi connectivity index (χ4v) is 5.51. The minimum atomic E-state index is -0.771. The Bertz CT molecular complexity index is 1400. The maximum absolute atomic E-state index is 13.8. The zero-order chi connectivity index (χ0) is 23.3. The second kappa shape index (κ2) is 8.17. The molecule has 0 spiro atoms.